The lowest BCUT2D eigenvalue weighted by atomic mass is 10.3. The average molecular weight is 320 g/mol. The maximum Gasteiger partial charge on any atom is 0.446 e. The fourth-order valence-corrected chi connectivity index (χ4v) is 2.25. The first-order valence-corrected chi connectivity index (χ1v) is 5.21. The minimum absolute atomic E-state index is 0.329. The van der Waals surface area contributed by atoms with Gasteiger partial charge in [-0.1, -0.05) is 0 Å². The lowest BCUT2D eigenvalue weighted by molar-refractivity contribution is -0.388. The van der Waals surface area contributed by atoms with Gasteiger partial charge in [-0.05, 0) is 39.8 Å². The molecule has 88 valence electrons. The second-order valence-corrected chi connectivity index (χ2v) is 4.53. The Bertz CT molecular complexity index is 414. The number of nitro groups is 1. The van der Waals surface area contributed by atoms with Crippen molar-refractivity contribution in [1.82, 2.24) is 0 Å². The number of nitro benzene ring substituents is 1. The summed E-state index contributed by atoms with van der Waals surface area (Å²) >= 11 is 2.10. The predicted molar refractivity (Wildman–Crippen MR) is 52.7 cm³/mol. The molecule has 0 heterocycles. The Balaban J connectivity index is 3.15. The first-order valence-electron chi connectivity index (χ1n) is 3.60. The third-order valence-electron chi connectivity index (χ3n) is 1.41. The minimum Gasteiger partial charge on any atom is -0.258 e. The van der Waals surface area contributed by atoms with Crippen LogP contribution in [-0.2, 0) is 0 Å². The molecule has 9 heteroatoms. The zero-order chi connectivity index (χ0) is 12.5. The highest BCUT2D eigenvalue weighted by Gasteiger charge is 2.31. The van der Waals surface area contributed by atoms with Crippen LogP contribution in [0, 0.1) is 15.9 Å². The third-order valence-corrected chi connectivity index (χ3v) is 2.71. The van der Waals surface area contributed by atoms with Gasteiger partial charge in [-0.15, -0.1) is 0 Å². The van der Waals surface area contributed by atoms with Crippen LogP contribution in [-0.4, -0.2) is 10.4 Å². The Kier molecular flexibility index (Phi) is 3.79. The van der Waals surface area contributed by atoms with Gasteiger partial charge in [0, 0.05) is 4.90 Å². The summed E-state index contributed by atoms with van der Waals surface area (Å²) in [4.78, 5) is 8.88. The zero-order valence-corrected chi connectivity index (χ0v) is 9.62. The van der Waals surface area contributed by atoms with Gasteiger partial charge in [0.2, 0.25) is 5.82 Å². The summed E-state index contributed by atoms with van der Waals surface area (Å²) in [5, 5.41) is 10.3. The van der Waals surface area contributed by atoms with Gasteiger partial charge < -0.3 is 0 Å². The van der Waals surface area contributed by atoms with Crippen LogP contribution in [0.2, 0.25) is 0 Å². The Labute approximate surface area is 99.1 Å². The summed E-state index contributed by atoms with van der Waals surface area (Å²) < 4.78 is 48.6. The molecule has 0 bridgehead atoms. The summed E-state index contributed by atoms with van der Waals surface area (Å²) in [6, 6.07) is 1.32. The van der Waals surface area contributed by atoms with E-state index in [9.17, 15) is 27.7 Å². The molecule has 0 atom stereocenters. The van der Waals surface area contributed by atoms with Gasteiger partial charge in [-0.2, -0.15) is 17.6 Å². The Morgan fingerprint density at radius 1 is 1.38 bits per heavy atom. The highest BCUT2D eigenvalue weighted by molar-refractivity contribution is 9.10. The van der Waals surface area contributed by atoms with Crippen molar-refractivity contribution in [3.05, 3.63) is 32.5 Å². The molecule has 0 amide bonds. The number of nitrogens with zero attached hydrogens (tertiary/aromatic N) is 1. The topological polar surface area (TPSA) is 43.1 Å². The van der Waals surface area contributed by atoms with Gasteiger partial charge in [0.1, 0.15) is 0 Å². The Morgan fingerprint density at radius 3 is 2.31 bits per heavy atom. The van der Waals surface area contributed by atoms with E-state index < -0.39 is 38.6 Å². The van der Waals surface area contributed by atoms with Gasteiger partial charge in [0.05, 0.1) is 9.40 Å². The van der Waals surface area contributed by atoms with Crippen LogP contribution in [0.25, 0.3) is 0 Å². The maximum absolute atomic E-state index is 13.1. The quantitative estimate of drug-likeness (QED) is 0.356. The van der Waals surface area contributed by atoms with E-state index in [1.54, 1.807) is 0 Å². The SMILES string of the molecule is O=[N+]([O-])c1c(F)cc(SC(F)(F)F)cc1Br. The van der Waals surface area contributed by atoms with Crippen LogP contribution in [0.1, 0.15) is 0 Å². The van der Waals surface area contributed by atoms with Gasteiger partial charge in [0.15, 0.2) is 0 Å². The zero-order valence-electron chi connectivity index (χ0n) is 7.22. The molecule has 0 aliphatic carbocycles. The lowest BCUT2D eigenvalue weighted by Gasteiger charge is -2.06. The molecule has 0 aliphatic rings. The molecule has 0 saturated heterocycles. The molecule has 0 fully saturated rings. The number of alkyl halides is 3. The van der Waals surface area contributed by atoms with Crippen LogP contribution in [0.4, 0.5) is 23.2 Å². The maximum atomic E-state index is 13.1. The monoisotopic (exact) mass is 319 g/mol. The molecule has 0 spiro atoms. The molecule has 16 heavy (non-hydrogen) atoms. The molecule has 3 nitrogen and oxygen atoms in total. The molecule has 1 rings (SSSR count). The summed E-state index contributed by atoms with van der Waals surface area (Å²) in [6.07, 6.45) is 0. The molecule has 0 unspecified atom stereocenters. The first-order chi connectivity index (χ1) is 7.20. The minimum atomic E-state index is -4.57. The van der Waals surface area contributed by atoms with Crippen molar-refractivity contribution in [2.45, 2.75) is 10.4 Å². The predicted octanol–water partition coefficient (Wildman–Crippen LogP) is 4.11. The van der Waals surface area contributed by atoms with Crippen LogP contribution in [0.5, 0.6) is 0 Å². The van der Waals surface area contributed by atoms with Gasteiger partial charge >= 0.3 is 11.2 Å². The largest absolute Gasteiger partial charge is 0.446 e. The summed E-state index contributed by atoms with van der Waals surface area (Å²) in [7, 11) is 0. The van der Waals surface area contributed by atoms with E-state index in [4.69, 9.17) is 0 Å². The molecule has 0 aromatic heterocycles. The van der Waals surface area contributed by atoms with E-state index in [-0.39, 0.29) is 4.47 Å². The van der Waals surface area contributed by atoms with Gasteiger partial charge in [-0.3, -0.25) is 10.1 Å². The fourth-order valence-electron chi connectivity index (χ4n) is 0.909. The van der Waals surface area contributed by atoms with Gasteiger partial charge in [-0.25, -0.2) is 0 Å². The van der Waals surface area contributed by atoms with Crippen molar-refractivity contribution in [3.63, 3.8) is 0 Å². The Hall–Kier alpha value is -0.830. The molecule has 1 aromatic rings. The number of hydrogen-bond acceptors (Lipinski definition) is 3. The van der Waals surface area contributed by atoms with Crippen LogP contribution < -0.4 is 0 Å². The number of rotatable bonds is 2. The first kappa shape index (κ1) is 13.2. The van der Waals surface area contributed by atoms with Crippen molar-refractivity contribution in [3.8, 4) is 0 Å². The summed E-state index contributed by atoms with van der Waals surface area (Å²) in [5.41, 5.74) is -5.45. The van der Waals surface area contributed by atoms with E-state index in [0.717, 1.165) is 6.07 Å². The average Bonchev–Trinajstić information content (AvgIpc) is 1.96. The third kappa shape index (κ3) is 3.34. The number of benzene rings is 1. The number of hydrogen-bond donors (Lipinski definition) is 0. The van der Waals surface area contributed by atoms with Crippen LogP contribution in [0.3, 0.4) is 0 Å². The summed E-state index contributed by atoms with van der Waals surface area (Å²) in [6.45, 7) is 0. The van der Waals surface area contributed by atoms with Crippen molar-refractivity contribution in [1.29, 1.82) is 0 Å². The second-order valence-electron chi connectivity index (χ2n) is 2.54. The standard InChI is InChI=1S/C7H2BrF4NO2S/c8-4-1-3(16-7(10,11)12)2-5(9)6(4)13(14)15/h1-2H. The van der Waals surface area contributed by atoms with E-state index in [1.165, 1.54) is 0 Å². The highest BCUT2D eigenvalue weighted by atomic mass is 79.9. The van der Waals surface area contributed by atoms with E-state index in [0.29, 0.717) is 6.07 Å². The van der Waals surface area contributed by atoms with Crippen molar-refractivity contribution < 1.29 is 22.5 Å². The molecular weight excluding hydrogens is 318 g/mol. The molecule has 0 saturated carbocycles. The van der Waals surface area contributed by atoms with Gasteiger partial charge in [0.25, 0.3) is 0 Å². The number of halogens is 5. The van der Waals surface area contributed by atoms with Crippen molar-refractivity contribution >= 4 is 33.4 Å². The van der Waals surface area contributed by atoms with E-state index >= 15 is 0 Å². The number of thioether (sulfide) groups is 1. The second kappa shape index (κ2) is 4.58. The molecular formula is C7H2BrF4NO2S. The Morgan fingerprint density at radius 2 is 1.94 bits per heavy atom. The van der Waals surface area contributed by atoms with Crippen molar-refractivity contribution in [2.24, 2.45) is 0 Å². The molecule has 0 aliphatic heterocycles. The summed E-state index contributed by atoms with van der Waals surface area (Å²) in [5.74, 6) is -1.31. The lowest BCUT2D eigenvalue weighted by Crippen LogP contribution is -2.00. The van der Waals surface area contributed by atoms with E-state index in [2.05, 4.69) is 15.9 Å². The van der Waals surface area contributed by atoms with E-state index in [1.807, 2.05) is 0 Å². The molecule has 0 radical (unpaired) electrons. The highest BCUT2D eigenvalue weighted by Crippen LogP contribution is 2.40. The normalized spacial score (nSPS) is 11.6. The fraction of sp³-hybridized carbons (Fsp3) is 0.143. The molecule has 0 N–H and O–H groups in total. The van der Waals surface area contributed by atoms with Crippen molar-refractivity contribution in [2.75, 3.05) is 0 Å². The van der Waals surface area contributed by atoms with Crippen LogP contribution >= 0.6 is 27.7 Å². The molecule has 1 aromatic carbocycles. The van der Waals surface area contributed by atoms with Crippen LogP contribution in [0.15, 0.2) is 21.5 Å². The smallest absolute Gasteiger partial charge is 0.258 e.